The monoisotopic (exact) mass is 456 g/mol. The third-order valence-electron chi connectivity index (χ3n) is 5.93. The molecule has 0 unspecified atom stereocenters. The highest BCUT2D eigenvalue weighted by Gasteiger charge is 2.28. The average Bonchev–Trinajstić information content (AvgIpc) is 3.56. The minimum absolute atomic E-state index is 0.213. The third kappa shape index (κ3) is 3.37. The summed E-state index contributed by atoms with van der Waals surface area (Å²) < 4.78 is 29.7. The van der Waals surface area contributed by atoms with Gasteiger partial charge in [0, 0.05) is 11.6 Å². The maximum Gasteiger partial charge on any atom is 0.187 e. The molecule has 1 aliphatic rings. The summed E-state index contributed by atoms with van der Waals surface area (Å²) in [7, 11) is 0. The van der Waals surface area contributed by atoms with Crippen molar-refractivity contribution in [1.29, 1.82) is 0 Å². The summed E-state index contributed by atoms with van der Waals surface area (Å²) in [5, 5.41) is 13.0. The van der Waals surface area contributed by atoms with E-state index in [1.807, 2.05) is 45.5 Å². The van der Waals surface area contributed by atoms with Crippen LogP contribution in [0.1, 0.15) is 37.0 Å². The number of hydrogen-bond donors (Lipinski definition) is 0. The molecule has 0 amide bonds. The molecule has 170 valence electrons. The number of rotatable bonds is 5. The molecule has 0 atom stereocenters. The van der Waals surface area contributed by atoms with Crippen LogP contribution in [0.3, 0.4) is 0 Å². The summed E-state index contributed by atoms with van der Waals surface area (Å²) in [6.07, 6.45) is 1.72. The molecule has 8 nitrogen and oxygen atoms in total. The summed E-state index contributed by atoms with van der Waals surface area (Å²) in [5.74, 6) is 2.38. The summed E-state index contributed by atoms with van der Waals surface area (Å²) in [6.45, 7) is 4.73. The van der Waals surface area contributed by atoms with E-state index >= 15 is 0 Å². The number of fused-ring (bicyclic) bond motifs is 5. The summed E-state index contributed by atoms with van der Waals surface area (Å²) >= 11 is 0. The topological polar surface area (TPSA) is 83.8 Å². The Morgan fingerprint density at radius 3 is 2.74 bits per heavy atom. The van der Waals surface area contributed by atoms with Crippen molar-refractivity contribution in [3.8, 4) is 34.3 Å². The number of aromatic nitrogens is 6. The predicted molar refractivity (Wildman–Crippen MR) is 122 cm³/mol. The number of benzene rings is 2. The highest BCUT2D eigenvalue weighted by molar-refractivity contribution is 5.71. The van der Waals surface area contributed by atoms with Gasteiger partial charge in [0.2, 0.25) is 0 Å². The van der Waals surface area contributed by atoms with Crippen molar-refractivity contribution in [2.75, 3.05) is 0 Å². The number of imidazole rings is 1. The van der Waals surface area contributed by atoms with Crippen LogP contribution in [-0.4, -0.2) is 29.5 Å². The highest BCUT2D eigenvalue weighted by atomic mass is 19.1. The predicted octanol–water partition coefficient (Wildman–Crippen LogP) is 4.99. The van der Waals surface area contributed by atoms with E-state index in [4.69, 9.17) is 9.26 Å². The second-order valence-corrected chi connectivity index (χ2v) is 8.47. The van der Waals surface area contributed by atoms with Gasteiger partial charge in [-0.05, 0) is 36.2 Å². The van der Waals surface area contributed by atoms with Gasteiger partial charge in [-0.3, -0.25) is 4.57 Å². The second kappa shape index (κ2) is 7.95. The van der Waals surface area contributed by atoms with Gasteiger partial charge in [-0.25, -0.2) is 9.37 Å². The first kappa shape index (κ1) is 20.3. The standard InChI is InChI=1S/C25H21FN6O2/c1-15(2)19-11-22(34-30-19)24-21-12-31-23(13-33-17-6-4-3-5-7-17)28-29-25(31)18-10-16(26)8-9-20(18)32(21)14-27-24/h3-11,14-15H,12-13H2,1-2H3. The highest BCUT2D eigenvalue weighted by Crippen LogP contribution is 2.36. The Morgan fingerprint density at radius 1 is 1.09 bits per heavy atom. The van der Waals surface area contributed by atoms with Gasteiger partial charge in [0.15, 0.2) is 17.4 Å². The van der Waals surface area contributed by atoms with Crippen LogP contribution in [0.5, 0.6) is 5.75 Å². The van der Waals surface area contributed by atoms with Crippen molar-refractivity contribution >= 4 is 0 Å². The van der Waals surface area contributed by atoms with Crippen molar-refractivity contribution in [3.05, 3.63) is 84.0 Å². The molecule has 0 aliphatic carbocycles. The fourth-order valence-corrected chi connectivity index (χ4v) is 4.13. The summed E-state index contributed by atoms with van der Waals surface area (Å²) in [5.41, 5.74) is 3.78. The molecule has 3 aromatic heterocycles. The van der Waals surface area contributed by atoms with E-state index in [-0.39, 0.29) is 18.3 Å². The second-order valence-electron chi connectivity index (χ2n) is 8.47. The largest absolute Gasteiger partial charge is 0.486 e. The molecule has 0 saturated carbocycles. The van der Waals surface area contributed by atoms with Crippen LogP contribution in [0.25, 0.3) is 28.5 Å². The Labute approximate surface area is 194 Å². The summed E-state index contributed by atoms with van der Waals surface area (Å²) in [6, 6.07) is 16.1. The van der Waals surface area contributed by atoms with Crippen LogP contribution in [0.15, 0.2) is 65.4 Å². The first-order chi connectivity index (χ1) is 16.6. The first-order valence-corrected chi connectivity index (χ1v) is 11.0. The summed E-state index contributed by atoms with van der Waals surface area (Å²) in [4.78, 5) is 4.63. The zero-order valence-corrected chi connectivity index (χ0v) is 18.6. The van der Waals surface area contributed by atoms with Crippen LogP contribution < -0.4 is 4.74 Å². The van der Waals surface area contributed by atoms with Crippen LogP contribution in [0.2, 0.25) is 0 Å². The van der Waals surface area contributed by atoms with Gasteiger partial charge < -0.3 is 13.8 Å². The molecule has 0 N–H and O–H groups in total. The molecule has 0 radical (unpaired) electrons. The van der Waals surface area contributed by atoms with Crippen molar-refractivity contribution in [2.24, 2.45) is 0 Å². The molecule has 6 rings (SSSR count). The van der Waals surface area contributed by atoms with Gasteiger partial charge in [-0.1, -0.05) is 37.2 Å². The number of halogens is 1. The van der Waals surface area contributed by atoms with E-state index in [0.717, 1.165) is 22.8 Å². The van der Waals surface area contributed by atoms with E-state index < -0.39 is 0 Å². The fourth-order valence-electron chi connectivity index (χ4n) is 4.13. The van der Waals surface area contributed by atoms with Crippen molar-refractivity contribution < 1.29 is 13.7 Å². The lowest BCUT2D eigenvalue weighted by atomic mass is 10.1. The van der Waals surface area contributed by atoms with Crippen LogP contribution >= 0.6 is 0 Å². The number of ether oxygens (including phenoxy) is 1. The zero-order chi connectivity index (χ0) is 23.2. The number of para-hydroxylation sites is 1. The van der Waals surface area contributed by atoms with Gasteiger partial charge in [-0.15, -0.1) is 10.2 Å². The zero-order valence-electron chi connectivity index (χ0n) is 18.6. The van der Waals surface area contributed by atoms with Gasteiger partial charge in [0.25, 0.3) is 0 Å². The minimum atomic E-state index is -0.351. The molecule has 34 heavy (non-hydrogen) atoms. The van der Waals surface area contributed by atoms with Crippen molar-refractivity contribution in [1.82, 2.24) is 29.5 Å². The molecule has 1 aliphatic heterocycles. The van der Waals surface area contributed by atoms with E-state index in [9.17, 15) is 4.39 Å². The molecule has 0 fully saturated rings. The maximum atomic E-state index is 14.3. The lowest BCUT2D eigenvalue weighted by Crippen LogP contribution is -2.10. The van der Waals surface area contributed by atoms with Crippen LogP contribution in [-0.2, 0) is 13.2 Å². The molecule has 9 heteroatoms. The Balaban J connectivity index is 1.47. The Morgan fingerprint density at radius 2 is 1.94 bits per heavy atom. The minimum Gasteiger partial charge on any atom is -0.486 e. The molecule has 2 aromatic carbocycles. The van der Waals surface area contributed by atoms with E-state index in [1.165, 1.54) is 12.1 Å². The quantitative estimate of drug-likeness (QED) is 0.363. The average molecular weight is 456 g/mol. The normalized spacial score (nSPS) is 12.2. The Hall–Kier alpha value is -4.27. The van der Waals surface area contributed by atoms with Crippen LogP contribution in [0.4, 0.5) is 4.39 Å². The van der Waals surface area contributed by atoms with E-state index in [2.05, 4.69) is 34.2 Å². The van der Waals surface area contributed by atoms with Crippen molar-refractivity contribution in [3.63, 3.8) is 0 Å². The third-order valence-corrected chi connectivity index (χ3v) is 5.93. The molecule has 5 aromatic rings. The van der Waals surface area contributed by atoms with Crippen LogP contribution in [0, 0.1) is 5.82 Å². The molecule has 0 saturated heterocycles. The maximum absolute atomic E-state index is 14.3. The smallest absolute Gasteiger partial charge is 0.187 e. The SMILES string of the molecule is CC(C)c1cc(-c2ncn3c2Cn2c(COc4ccccc4)nnc2-c2cc(F)ccc2-3)on1. The van der Waals surface area contributed by atoms with E-state index in [1.54, 1.807) is 12.4 Å². The molecule has 0 spiro atoms. The van der Waals surface area contributed by atoms with Gasteiger partial charge in [0.05, 0.1) is 23.6 Å². The lowest BCUT2D eigenvalue weighted by molar-refractivity contribution is 0.290. The van der Waals surface area contributed by atoms with Gasteiger partial charge in [-0.2, -0.15) is 0 Å². The Kier molecular flexibility index (Phi) is 4.75. The fraction of sp³-hybridized carbons (Fsp3) is 0.200. The first-order valence-electron chi connectivity index (χ1n) is 11.0. The van der Waals surface area contributed by atoms with Gasteiger partial charge >= 0.3 is 0 Å². The Bertz CT molecular complexity index is 1480. The van der Waals surface area contributed by atoms with Crippen molar-refractivity contribution in [2.45, 2.75) is 32.9 Å². The molecular formula is C25H21FN6O2. The van der Waals surface area contributed by atoms with E-state index in [0.29, 0.717) is 35.2 Å². The molecular weight excluding hydrogens is 435 g/mol. The molecule has 4 heterocycles. The van der Waals surface area contributed by atoms with Gasteiger partial charge in [0.1, 0.15) is 30.2 Å². The lowest BCUT2D eigenvalue weighted by Gasteiger charge is -2.10. The number of hydrogen-bond acceptors (Lipinski definition) is 6. The number of nitrogens with zero attached hydrogens (tertiary/aromatic N) is 6. The molecule has 0 bridgehead atoms.